The maximum Gasteiger partial charge on any atom is 0.130 e. The zero-order chi connectivity index (χ0) is 18.3. The highest BCUT2D eigenvalue weighted by molar-refractivity contribution is 7.85. The van der Waals surface area contributed by atoms with E-state index in [1.54, 1.807) is 0 Å². The van der Waals surface area contributed by atoms with E-state index in [2.05, 4.69) is 17.1 Å². The zero-order valence-electron chi connectivity index (χ0n) is 15.7. The van der Waals surface area contributed by atoms with E-state index in [-0.39, 0.29) is 0 Å². The van der Waals surface area contributed by atoms with Crippen LogP contribution in [-0.4, -0.2) is 64.4 Å². The van der Waals surface area contributed by atoms with Crippen molar-refractivity contribution in [2.45, 2.75) is 50.2 Å². The number of ether oxygens (including phenoxy) is 1. The molecule has 1 aliphatic heterocycles. The number of unbranched alkanes of at least 4 members (excludes halogenated alkanes) is 1. The Bertz CT molecular complexity index is 542. The molecule has 1 fully saturated rings. The summed E-state index contributed by atoms with van der Waals surface area (Å²) in [5.41, 5.74) is -0.687. The van der Waals surface area contributed by atoms with Crippen molar-refractivity contribution in [2.24, 2.45) is 0 Å². The van der Waals surface area contributed by atoms with Crippen LogP contribution in [-0.2, 0) is 10.8 Å². The second-order valence-corrected chi connectivity index (χ2v) is 8.72. The predicted octanol–water partition coefficient (Wildman–Crippen LogP) is 2.02. The minimum Gasteiger partial charge on any atom is -0.485 e. The summed E-state index contributed by atoms with van der Waals surface area (Å²) in [6.07, 6.45) is 1.44. The first-order valence-electron chi connectivity index (χ1n) is 9.21. The van der Waals surface area contributed by atoms with Gasteiger partial charge in [0.15, 0.2) is 0 Å². The van der Waals surface area contributed by atoms with Gasteiger partial charge in [0.05, 0.1) is 10.8 Å². The molecule has 2 N–H and O–H groups in total. The number of β-amino-alcohol motifs (C(OH)–C–C–N with tert-alkyl or cyclic N) is 1. The molecule has 2 unspecified atom stereocenters. The molecule has 6 heteroatoms. The lowest BCUT2D eigenvalue weighted by molar-refractivity contribution is -0.0456. The van der Waals surface area contributed by atoms with Crippen LogP contribution in [0.1, 0.15) is 33.6 Å². The lowest BCUT2D eigenvalue weighted by Gasteiger charge is -2.36. The molecular formula is C19H32N2O3S. The number of piperazine rings is 1. The first-order valence-corrected chi connectivity index (χ1v) is 10.5. The molecule has 0 aromatic heterocycles. The summed E-state index contributed by atoms with van der Waals surface area (Å²) in [5, 5.41) is 13.9. The van der Waals surface area contributed by atoms with Crippen LogP contribution in [0.4, 0.5) is 0 Å². The van der Waals surface area contributed by atoms with Crippen molar-refractivity contribution in [1.29, 1.82) is 0 Å². The SMILES string of the molecule is CCCCS(=O)c1ccc(OC(C)(C)C(O)CN2CCNCC2)cc1. The second-order valence-electron chi connectivity index (χ2n) is 7.15. The Morgan fingerprint density at radius 1 is 1.28 bits per heavy atom. The van der Waals surface area contributed by atoms with E-state index in [1.807, 2.05) is 38.1 Å². The highest BCUT2D eigenvalue weighted by Crippen LogP contribution is 2.23. The first kappa shape index (κ1) is 20.4. The fraction of sp³-hybridized carbons (Fsp3) is 0.684. The molecule has 1 heterocycles. The summed E-state index contributed by atoms with van der Waals surface area (Å²) in [6, 6.07) is 7.41. The normalized spacial score (nSPS) is 18.7. The van der Waals surface area contributed by atoms with Crippen LogP contribution in [0.3, 0.4) is 0 Å². The van der Waals surface area contributed by atoms with Crippen molar-refractivity contribution < 1.29 is 14.1 Å². The number of aliphatic hydroxyl groups excluding tert-OH is 1. The third kappa shape index (κ3) is 6.37. The summed E-state index contributed by atoms with van der Waals surface area (Å²) >= 11 is 0. The molecule has 1 aliphatic rings. The van der Waals surface area contributed by atoms with E-state index in [0.29, 0.717) is 18.0 Å². The Morgan fingerprint density at radius 3 is 2.52 bits per heavy atom. The summed E-state index contributed by atoms with van der Waals surface area (Å²) in [4.78, 5) is 3.09. The first-order chi connectivity index (χ1) is 11.9. The smallest absolute Gasteiger partial charge is 0.130 e. The molecule has 0 saturated carbocycles. The number of nitrogens with one attached hydrogen (secondary N) is 1. The van der Waals surface area contributed by atoms with Gasteiger partial charge in [-0.15, -0.1) is 0 Å². The maximum absolute atomic E-state index is 12.1. The van der Waals surface area contributed by atoms with Gasteiger partial charge < -0.3 is 15.2 Å². The molecule has 1 aromatic rings. The molecule has 0 amide bonds. The van der Waals surface area contributed by atoms with E-state index in [9.17, 15) is 9.32 Å². The average molecular weight is 369 g/mol. The lowest BCUT2D eigenvalue weighted by Crippen LogP contribution is -2.52. The van der Waals surface area contributed by atoms with Crippen LogP contribution in [0.15, 0.2) is 29.2 Å². The van der Waals surface area contributed by atoms with E-state index in [1.165, 1.54) is 0 Å². The number of aliphatic hydroxyl groups is 1. The Labute approximate surface area is 154 Å². The fourth-order valence-electron chi connectivity index (χ4n) is 2.78. The highest BCUT2D eigenvalue weighted by Gasteiger charge is 2.32. The number of nitrogens with zero attached hydrogens (tertiary/aromatic N) is 1. The molecule has 5 nitrogen and oxygen atoms in total. The fourth-order valence-corrected chi connectivity index (χ4v) is 4.01. The van der Waals surface area contributed by atoms with Crippen LogP contribution < -0.4 is 10.1 Å². The molecule has 2 rings (SSSR count). The summed E-state index contributed by atoms with van der Waals surface area (Å²) < 4.78 is 18.2. The van der Waals surface area contributed by atoms with Crippen molar-refractivity contribution >= 4 is 10.8 Å². The molecule has 1 saturated heterocycles. The lowest BCUT2D eigenvalue weighted by atomic mass is 10.0. The second kappa shape index (κ2) is 9.67. The molecule has 142 valence electrons. The molecule has 0 spiro atoms. The van der Waals surface area contributed by atoms with Gasteiger partial charge in [0.25, 0.3) is 0 Å². The zero-order valence-corrected chi connectivity index (χ0v) is 16.5. The Kier molecular flexibility index (Phi) is 7.87. The van der Waals surface area contributed by atoms with Gasteiger partial charge in [-0.3, -0.25) is 9.11 Å². The predicted molar refractivity (Wildman–Crippen MR) is 103 cm³/mol. The molecule has 25 heavy (non-hydrogen) atoms. The van der Waals surface area contributed by atoms with Gasteiger partial charge in [-0.2, -0.15) is 0 Å². The van der Waals surface area contributed by atoms with Crippen LogP contribution in [0, 0.1) is 0 Å². The van der Waals surface area contributed by atoms with Crippen molar-refractivity contribution in [2.75, 3.05) is 38.5 Å². The Hall–Kier alpha value is -0.950. The van der Waals surface area contributed by atoms with E-state index in [4.69, 9.17) is 4.74 Å². The van der Waals surface area contributed by atoms with Gasteiger partial charge in [0, 0.05) is 43.4 Å². The molecule has 0 aliphatic carbocycles. The standard InChI is InChI=1S/C19H32N2O3S/c1-4-5-14-25(23)17-8-6-16(7-9-17)24-19(2,3)18(22)15-21-12-10-20-11-13-21/h6-9,18,20,22H,4-5,10-15H2,1-3H3. The third-order valence-electron chi connectivity index (χ3n) is 4.59. The monoisotopic (exact) mass is 368 g/mol. The van der Waals surface area contributed by atoms with Crippen molar-refractivity contribution in [1.82, 2.24) is 10.2 Å². The largest absolute Gasteiger partial charge is 0.485 e. The van der Waals surface area contributed by atoms with Crippen LogP contribution in [0.5, 0.6) is 5.75 Å². The van der Waals surface area contributed by atoms with Gasteiger partial charge in [0.1, 0.15) is 17.5 Å². The molecule has 1 aromatic carbocycles. The highest BCUT2D eigenvalue weighted by atomic mass is 32.2. The van der Waals surface area contributed by atoms with E-state index < -0.39 is 22.5 Å². The molecule has 0 bridgehead atoms. The number of hydrogen-bond donors (Lipinski definition) is 2. The topological polar surface area (TPSA) is 61.8 Å². The summed E-state index contributed by atoms with van der Waals surface area (Å²) in [5.74, 6) is 1.40. The molecule has 0 radical (unpaired) electrons. The van der Waals surface area contributed by atoms with Crippen molar-refractivity contribution in [3.05, 3.63) is 24.3 Å². The Morgan fingerprint density at radius 2 is 1.92 bits per heavy atom. The Balaban J connectivity index is 1.91. The maximum atomic E-state index is 12.1. The number of benzene rings is 1. The summed E-state index contributed by atoms with van der Waals surface area (Å²) in [7, 11) is -0.946. The van der Waals surface area contributed by atoms with Gasteiger partial charge in [0.2, 0.25) is 0 Å². The van der Waals surface area contributed by atoms with E-state index >= 15 is 0 Å². The minimum atomic E-state index is -0.946. The quantitative estimate of drug-likeness (QED) is 0.698. The van der Waals surface area contributed by atoms with E-state index in [0.717, 1.165) is 43.9 Å². The van der Waals surface area contributed by atoms with Gasteiger partial charge >= 0.3 is 0 Å². The van der Waals surface area contributed by atoms with Crippen LogP contribution in [0.2, 0.25) is 0 Å². The number of hydrogen-bond acceptors (Lipinski definition) is 5. The van der Waals surface area contributed by atoms with Crippen molar-refractivity contribution in [3.63, 3.8) is 0 Å². The number of rotatable bonds is 9. The third-order valence-corrected chi connectivity index (χ3v) is 6.05. The molecular weight excluding hydrogens is 336 g/mol. The van der Waals surface area contributed by atoms with Gasteiger partial charge in [-0.1, -0.05) is 13.3 Å². The minimum absolute atomic E-state index is 0.580. The molecule has 2 atom stereocenters. The van der Waals surface area contributed by atoms with Crippen molar-refractivity contribution in [3.8, 4) is 5.75 Å². The van der Waals surface area contributed by atoms with Crippen LogP contribution in [0.25, 0.3) is 0 Å². The average Bonchev–Trinajstić information content (AvgIpc) is 2.61. The summed E-state index contributed by atoms with van der Waals surface area (Å²) in [6.45, 7) is 10.3. The van der Waals surface area contributed by atoms with Gasteiger partial charge in [-0.25, -0.2) is 0 Å². The van der Waals surface area contributed by atoms with Crippen LogP contribution >= 0.6 is 0 Å². The van der Waals surface area contributed by atoms with Gasteiger partial charge in [-0.05, 0) is 44.5 Å².